The molecular weight excluding hydrogens is 561 g/mol. The fourth-order valence-corrected chi connectivity index (χ4v) is 5.80. The number of aliphatic carboxylic acids is 1. The summed E-state index contributed by atoms with van der Waals surface area (Å²) in [6, 6.07) is 3.80. The summed E-state index contributed by atoms with van der Waals surface area (Å²) in [5, 5.41) is 11.8. The van der Waals surface area contributed by atoms with E-state index in [1.165, 1.54) is 54.9 Å². The number of carbonyl (C=O) groups excluding carboxylic acids is 1. The molecular formula is C27H31F3N6O4S. The van der Waals surface area contributed by atoms with Crippen LogP contribution < -0.4 is 15.0 Å². The molecule has 0 spiro atoms. The Morgan fingerprint density at radius 3 is 2.61 bits per heavy atom. The summed E-state index contributed by atoms with van der Waals surface area (Å²) >= 11 is 1.19. The standard InChI is InChI=1S/C27H31F3N6O4S/c1-26(2)8-5-9-36(15-26)13-20-23(16-6-7-19(40-4)17(10-16)27(28,29)30)33-25(41-20)34-24(39)18-11-32-21(12-31-18)35(3)14-22(37)38/h6-7,10-12H,5,8-9,13-15H2,1-4H3,(H,37,38)(H,33,34,39). The number of likely N-dealkylation sites (tertiary alicyclic amines) is 1. The molecule has 1 fully saturated rings. The zero-order valence-corrected chi connectivity index (χ0v) is 23.9. The molecule has 0 radical (unpaired) electrons. The molecule has 2 N–H and O–H groups in total. The van der Waals surface area contributed by atoms with E-state index in [0.717, 1.165) is 32.0 Å². The minimum absolute atomic E-state index is 0.0302. The van der Waals surface area contributed by atoms with Crippen LogP contribution in [-0.4, -0.2) is 70.6 Å². The molecule has 3 heterocycles. The van der Waals surface area contributed by atoms with Gasteiger partial charge in [0, 0.05) is 30.6 Å². The number of hydrogen-bond acceptors (Lipinski definition) is 9. The lowest BCUT2D eigenvalue weighted by molar-refractivity contribution is -0.139. The number of halogens is 3. The second-order valence-electron chi connectivity index (χ2n) is 10.6. The van der Waals surface area contributed by atoms with Gasteiger partial charge in [0.1, 0.15) is 23.8 Å². The monoisotopic (exact) mass is 592 g/mol. The number of piperidine rings is 1. The van der Waals surface area contributed by atoms with E-state index in [2.05, 4.69) is 39.0 Å². The number of alkyl halides is 3. The van der Waals surface area contributed by atoms with Gasteiger partial charge in [-0.25, -0.2) is 15.0 Å². The average molecular weight is 593 g/mol. The fourth-order valence-electron chi connectivity index (χ4n) is 4.78. The van der Waals surface area contributed by atoms with Crippen molar-refractivity contribution in [3.05, 3.63) is 46.7 Å². The van der Waals surface area contributed by atoms with Crippen LogP contribution in [-0.2, 0) is 17.5 Å². The van der Waals surface area contributed by atoms with Gasteiger partial charge < -0.3 is 14.7 Å². The van der Waals surface area contributed by atoms with Crippen molar-refractivity contribution in [3.8, 4) is 17.0 Å². The summed E-state index contributed by atoms with van der Waals surface area (Å²) in [7, 11) is 2.72. The van der Waals surface area contributed by atoms with E-state index in [1.54, 1.807) is 0 Å². The molecule has 4 rings (SSSR count). The molecule has 1 saturated heterocycles. The normalized spacial score (nSPS) is 15.4. The van der Waals surface area contributed by atoms with Crippen molar-refractivity contribution < 1.29 is 32.6 Å². The van der Waals surface area contributed by atoms with Gasteiger partial charge in [-0.05, 0) is 43.0 Å². The Bertz CT molecular complexity index is 1410. The largest absolute Gasteiger partial charge is 0.496 e. The van der Waals surface area contributed by atoms with Crippen molar-refractivity contribution >= 4 is 34.2 Å². The van der Waals surface area contributed by atoms with Gasteiger partial charge in [-0.3, -0.25) is 19.8 Å². The number of ether oxygens (including phenoxy) is 1. The number of carboxylic acid groups (broad SMARTS) is 1. The topological polar surface area (TPSA) is 121 Å². The molecule has 0 bridgehead atoms. The number of carboxylic acids is 1. The number of benzene rings is 1. The van der Waals surface area contributed by atoms with E-state index in [0.29, 0.717) is 17.1 Å². The Morgan fingerprint density at radius 1 is 1.24 bits per heavy atom. The number of methoxy groups -OCH3 is 1. The number of rotatable bonds is 9. The average Bonchev–Trinajstić information content (AvgIpc) is 3.28. The minimum Gasteiger partial charge on any atom is -0.496 e. The predicted molar refractivity (Wildman–Crippen MR) is 148 cm³/mol. The van der Waals surface area contributed by atoms with Crippen LogP contribution in [0.15, 0.2) is 30.6 Å². The number of nitrogens with zero attached hydrogens (tertiary/aromatic N) is 5. The summed E-state index contributed by atoms with van der Waals surface area (Å²) in [6.07, 6.45) is -0.0472. The Labute approximate surface area is 239 Å². The molecule has 1 aliphatic heterocycles. The molecule has 10 nitrogen and oxygen atoms in total. The molecule has 0 unspecified atom stereocenters. The van der Waals surface area contributed by atoms with E-state index >= 15 is 0 Å². The maximum Gasteiger partial charge on any atom is 0.419 e. The van der Waals surface area contributed by atoms with E-state index < -0.39 is 23.6 Å². The molecule has 0 saturated carbocycles. The third-order valence-electron chi connectivity index (χ3n) is 6.68. The molecule has 3 aromatic rings. The zero-order valence-electron chi connectivity index (χ0n) is 23.1. The highest BCUT2D eigenvalue weighted by Gasteiger charge is 2.35. The van der Waals surface area contributed by atoms with E-state index in [4.69, 9.17) is 9.84 Å². The lowest BCUT2D eigenvalue weighted by Gasteiger charge is -2.37. The molecule has 1 aromatic carbocycles. The first-order valence-corrected chi connectivity index (χ1v) is 13.6. The van der Waals surface area contributed by atoms with Crippen molar-refractivity contribution in [3.63, 3.8) is 0 Å². The van der Waals surface area contributed by atoms with Gasteiger partial charge in [-0.2, -0.15) is 13.2 Å². The highest BCUT2D eigenvalue weighted by Crippen LogP contribution is 2.41. The van der Waals surface area contributed by atoms with E-state index in [1.807, 2.05) is 0 Å². The van der Waals surface area contributed by atoms with Gasteiger partial charge in [0.2, 0.25) is 0 Å². The Hall–Kier alpha value is -3.78. The Morgan fingerprint density at radius 2 is 2.00 bits per heavy atom. The third-order valence-corrected chi connectivity index (χ3v) is 7.63. The molecule has 220 valence electrons. The lowest BCUT2D eigenvalue weighted by atomic mass is 9.84. The Kier molecular flexibility index (Phi) is 8.83. The van der Waals surface area contributed by atoms with Crippen LogP contribution in [0.5, 0.6) is 5.75 Å². The van der Waals surface area contributed by atoms with Crippen molar-refractivity contribution in [2.24, 2.45) is 5.41 Å². The maximum atomic E-state index is 13.8. The molecule has 0 atom stereocenters. The fraction of sp³-hybridized carbons (Fsp3) is 0.444. The van der Waals surface area contributed by atoms with Crippen LogP contribution in [0.2, 0.25) is 0 Å². The summed E-state index contributed by atoms with van der Waals surface area (Å²) in [5.74, 6) is -1.67. The van der Waals surface area contributed by atoms with Gasteiger partial charge in [0.05, 0.1) is 30.8 Å². The van der Waals surface area contributed by atoms with Gasteiger partial charge in [0.25, 0.3) is 5.91 Å². The number of nitrogens with one attached hydrogen (secondary N) is 1. The second kappa shape index (κ2) is 12.0. The molecule has 1 aliphatic rings. The summed E-state index contributed by atoms with van der Waals surface area (Å²) in [6.45, 7) is 6.20. The van der Waals surface area contributed by atoms with Crippen molar-refractivity contribution in [2.75, 3.05) is 44.0 Å². The number of hydrogen-bond donors (Lipinski definition) is 2. The summed E-state index contributed by atoms with van der Waals surface area (Å²) in [4.78, 5) is 40.9. The molecule has 1 amide bonds. The summed E-state index contributed by atoms with van der Waals surface area (Å²) in [5.41, 5.74) is -0.236. The number of amides is 1. The van der Waals surface area contributed by atoms with Gasteiger partial charge in [-0.1, -0.05) is 25.2 Å². The minimum atomic E-state index is -4.63. The first-order chi connectivity index (χ1) is 19.3. The first-order valence-electron chi connectivity index (χ1n) is 12.8. The van der Waals surface area contributed by atoms with Crippen molar-refractivity contribution in [1.82, 2.24) is 19.9 Å². The van der Waals surface area contributed by atoms with Crippen molar-refractivity contribution in [1.29, 1.82) is 0 Å². The molecule has 0 aliphatic carbocycles. The molecule has 41 heavy (non-hydrogen) atoms. The number of carbonyl (C=O) groups is 2. The van der Waals surface area contributed by atoms with Crippen LogP contribution >= 0.6 is 11.3 Å². The number of thiazole rings is 1. The predicted octanol–water partition coefficient (Wildman–Crippen LogP) is 5.02. The van der Waals surface area contributed by atoms with Crippen LogP contribution in [0.1, 0.15) is 47.6 Å². The quantitative estimate of drug-likeness (QED) is 0.353. The van der Waals surface area contributed by atoms with Crippen LogP contribution in [0.3, 0.4) is 0 Å². The van der Waals surface area contributed by atoms with Crippen LogP contribution in [0.25, 0.3) is 11.3 Å². The highest BCUT2D eigenvalue weighted by atomic mass is 32.1. The maximum absolute atomic E-state index is 13.8. The molecule has 2 aromatic heterocycles. The number of aromatic nitrogens is 3. The SMILES string of the molecule is COc1ccc(-c2nc(NC(=O)c3cnc(N(C)CC(=O)O)cn3)sc2CN2CCCC(C)(C)C2)cc1C(F)(F)F. The smallest absolute Gasteiger partial charge is 0.419 e. The van der Waals surface area contributed by atoms with Crippen LogP contribution in [0, 0.1) is 5.41 Å². The molecule has 14 heteroatoms. The highest BCUT2D eigenvalue weighted by molar-refractivity contribution is 7.16. The van der Waals surface area contributed by atoms with Gasteiger partial charge in [-0.15, -0.1) is 0 Å². The lowest BCUT2D eigenvalue weighted by Crippen LogP contribution is -2.39. The number of anilines is 2. The zero-order chi connectivity index (χ0) is 29.9. The first kappa shape index (κ1) is 30.2. The summed E-state index contributed by atoms with van der Waals surface area (Å²) < 4.78 is 46.3. The van der Waals surface area contributed by atoms with Gasteiger partial charge >= 0.3 is 12.1 Å². The van der Waals surface area contributed by atoms with Crippen LogP contribution in [0.4, 0.5) is 24.1 Å². The van der Waals surface area contributed by atoms with Crippen molar-refractivity contribution in [2.45, 2.75) is 39.4 Å². The van der Waals surface area contributed by atoms with E-state index in [9.17, 15) is 22.8 Å². The Balaban J connectivity index is 1.64. The van der Waals surface area contributed by atoms with E-state index in [-0.39, 0.29) is 39.9 Å². The van der Waals surface area contributed by atoms with Gasteiger partial charge in [0.15, 0.2) is 5.13 Å². The second-order valence-corrected chi connectivity index (χ2v) is 11.7. The number of likely N-dealkylation sites (N-methyl/N-ethyl adjacent to an activating group) is 1. The third kappa shape index (κ3) is 7.50.